The second-order valence-electron chi connectivity index (χ2n) is 3.84. The van der Waals surface area contributed by atoms with E-state index in [1.165, 1.54) is 0 Å². The number of aryl methyl sites for hydroxylation is 1. The highest BCUT2D eigenvalue weighted by Gasteiger charge is 2.22. The molecule has 0 amide bonds. The average molecular weight is 256 g/mol. The Labute approximate surface area is 110 Å². The highest BCUT2D eigenvalue weighted by atomic mass is 16.5. The first kappa shape index (κ1) is 12.8. The molecule has 5 heteroatoms. The van der Waals surface area contributed by atoms with Crippen LogP contribution in [0.15, 0.2) is 28.7 Å². The van der Waals surface area contributed by atoms with E-state index >= 15 is 0 Å². The number of rotatable bonds is 3. The SMILES string of the molecule is CCOC(=O)c1oc(-c2ccccc2C)nc1C#N. The van der Waals surface area contributed by atoms with Crippen LogP contribution in [0.4, 0.5) is 0 Å². The van der Waals surface area contributed by atoms with Gasteiger partial charge in [-0.2, -0.15) is 10.2 Å². The summed E-state index contributed by atoms with van der Waals surface area (Å²) in [4.78, 5) is 15.7. The number of carbonyl (C=O) groups excluding carboxylic acids is 1. The van der Waals surface area contributed by atoms with E-state index in [-0.39, 0.29) is 24.0 Å². The molecule has 0 fully saturated rings. The number of hydrogen-bond acceptors (Lipinski definition) is 5. The molecule has 0 atom stereocenters. The minimum atomic E-state index is -0.675. The smallest absolute Gasteiger partial charge is 0.377 e. The van der Waals surface area contributed by atoms with Crippen molar-refractivity contribution in [1.29, 1.82) is 5.26 Å². The molecular formula is C14H12N2O3. The van der Waals surface area contributed by atoms with E-state index in [0.29, 0.717) is 0 Å². The van der Waals surface area contributed by atoms with Gasteiger partial charge in [-0.25, -0.2) is 4.79 Å². The van der Waals surface area contributed by atoms with Crippen LogP contribution in [0.3, 0.4) is 0 Å². The molecule has 0 bridgehead atoms. The van der Waals surface area contributed by atoms with Crippen LogP contribution in [0.5, 0.6) is 0 Å². The van der Waals surface area contributed by atoms with E-state index in [1.54, 1.807) is 6.92 Å². The molecule has 5 nitrogen and oxygen atoms in total. The Morgan fingerprint density at radius 3 is 2.84 bits per heavy atom. The molecule has 0 aliphatic carbocycles. The van der Waals surface area contributed by atoms with Gasteiger partial charge in [-0.15, -0.1) is 0 Å². The van der Waals surface area contributed by atoms with Gasteiger partial charge in [-0.1, -0.05) is 18.2 Å². The molecule has 0 spiro atoms. The number of nitriles is 1. The van der Waals surface area contributed by atoms with Crippen LogP contribution in [0.2, 0.25) is 0 Å². The zero-order valence-corrected chi connectivity index (χ0v) is 10.6. The molecule has 0 aliphatic heterocycles. The van der Waals surface area contributed by atoms with Gasteiger partial charge < -0.3 is 9.15 Å². The minimum absolute atomic E-state index is 0.0586. The Kier molecular flexibility index (Phi) is 3.62. The van der Waals surface area contributed by atoms with Crippen molar-refractivity contribution < 1.29 is 13.9 Å². The lowest BCUT2D eigenvalue weighted by atomic mass is 10.1. The van der Waals surface area contributed by atoms with Gasteiger partial charge in [0, 0.05) is 5.56 Å². The highest BCUT2D eigenvalue weighted by Crippen LogP contribution is 2.25. The van der Waals surface area contributed by atoms with E-state index < -0.39 is 5.97 Å². The third-order valence-electron chi connectivity index (χ3n) is 2.57. The second-order valence-corrected chi connectivity index (χ2v) is 3.84. The number of hydrogen-bond donors (Lipinski definition) is 0. The van der Waals surface area contributed by atoms with Crippen LogP contribution in [-0.4, -0.2) is 17.6 Å². The van der Waals surface area contributed by atoms with Gasteiger partial charge in [0.05, 0.1) is 6.61 Å². The van der Waals surface area contributed by atoms with Gasteiger partial charge >= 0.3 is 5.97 Å². The molecule has 1 aromatic carbocycles. The number of aromatic nitrogens is 1. The molecule has 0 unspecified atom stereocenters. The van der Waals surface area contributed by atoms with Crippen LogP contribution in [-0.2, 0) is 4.74 Å². The van der Waals surface area contributed by atoms with Crippen molar-refractivity contribution in [1.82, 2.24) is 4.98 Å². The molecule has 0 saturated heterocycles. The van der Waals surface area contributed by atoms with Gasteiger partial charge in [0.25, 0.3) is 5.76 Å². The second kappa shape index (κ2) is 5.36. The molecule has 0 aliphatic rings. The molecule has 96 valence electrons. The predicted octanol–water partition coefficient (Wildman–Crippen LogP) is 2.70. The Hall–Kier alpha value is -2.61. The van der Waals surface area contributed by atoms with E-state index in [9.17, 15) is 4.79 Å². The maximum Gasteiger partial charge on any atom is 0.377 e. The van der Waals surface area contributed by atoms with Gasteiger partial charge in [0.2, 0.25) is 5.89 Å². The van der Waals surface area contributed by atoms with Gasteiger partial charge in [-0.3, -0.25) is 0 Å². The standard InChI is InChI=1S/C14H12N2O3/c1-3-18-14(17)12-11(8-15)16-13(19-12)10-7-5-4-6-9(10)2/h4-7H,3H2,1-2H3. The molecule has 0 saturated carbocycles. The highest BCUT2D eigenvalue weighted by molar-refractivity contribution is 5.89. The molecule has 1 heterocycles. The van der Waals surface area contributed by atoms with Crippen molar-refractivity contribution in [2.24, 2.45) is 0 Å². The third kappa shape index (κ3) is 2.47. The fourth-order valence-electron chi connectivity index (χ4n) is 1.66. The van der Waals surface area contributed by atoms with Gasteiger partial charge in [-0.05, 0) is 25.5 Å². The number of esters is 1. The minimum Gasteiger partial charge on any atom is -0.460 e. The maximum atomic E-state index is 11.6. The predicted molar refractivity (Wildman–Crippen MR) is 67.3 cm³/mol. The number of nitrogens with zero attached hydrogens (tertiary/aromatic N) is 2. The molecule has 2 aromatic rings. The molecule has 2 rings (SSSR count). The van der Waals surface area contributed by atoms with Crippen molar-refractivity contribution in [2.45, 2.75) is 13.8 Å². The first-order valence-electron chi connectivity index (χ1n) is 5.81. The lowest BCUT2D eigenvalue weighted by Gasteiger charge is -1.99. The van der Waals surface area contributed by atoms with E-state index in [0.717, 1.165) is 11.1 Å². The van der Waals surface area contributed by atoms with Crippen LogP contribution >= 0.6 is 0 Å². The molecule has 1 aromatic heterocycles. The zero-order valence-electron chi connectivity index (χ0n) is 10.6. The number of carbonyl (C=O) groups is 1. The summed E-state index contributed by atoms with van der Waals surface area (Å²) >= 11 is 0. The van der Waals surface area contributed by atoms with E-state index in [4.69, 9.17) is 14.4 Å². The zero-order chi connectivity index (χ0) is 13.8. The lowest BCUT2D eigenvalue weighted by molar-refractivity contribution is 0.0490. The van der Waals surface area contributed by atoms with E-state index in [1.807, 2.05) is 37.3 Å². The Balaban J connectivity index is 2.48. The summed E-state index contributed by atoms with van der Waals surface area (Å²) in [6.07, 6.45) is 0. The Bertz CT molecular complexity index is 653. The van der Waals surface area contributed by atoms with Crippen molar-refractivity contribution in [3.05, 3.63) is 41.3 Å². The van der Waals surface area contributed by atoms with Crippen LogP contribution in [0, 0.1) is 18.3 Å². The summed E-state index contributed by atoms with van der Waals surface area (Å²) in [7, 11) is 0. The summed E-state index contributed by atoms with van der Waals surface area (Å²) < 4.78 is 10.2. The molecular weight excluding hydrogens is 244 g/mol. The first-order valence-corrected chi connectivity index (χ1v) is 5.81. The van der Waals surface area contributed by atoms with Crippen LogP contribution in [0.1, 0.15) is 28.7 Å². The van der Waals surface area contributed by atoms with Crippen LogP contribution in [0.25, 0.3) is 11.5 Å². The van der Waals surface area contributed by atoms with Gasteiger partial charge in [0.15, 0.2) is 5.69 Å². The quantitative estimate of drug-likeness (QED) is 0.789. The van der Waals surface area contributed by atoms with E-state index in [2.05, 4.69) is 4.98 Å². The normalized spacial score (nSPS) is 9.95. The van der Waals surface area contributed by atoms with Crippen molar-refractivity contribution in [3.8, 4) is 17.5 Å². The van der Waals surface area contributed by atoms with Crippen molar-refractivity contribution in [2.75, 3.05) is 6.61 Å². The fraction of sp³-hybridized carbons (Fsp3) is 0.214. The maximum absolute atomic E-state index is 11.6. The Morgan fingerprint density at radius 2 is 2.21 bits per heavy atom. The third-order valence-corrected chi connectivity index (χ3v) is 2.57. The summed E-state index contributed by atoms with van der Waals surface area (Å²) in [5.74, 6) is -0.577. The lowest BCUT2D eigenvalue weighted by Crippen LogP contribution is -2.05. The number of oxazole rings is 1. The summed E-state index contributed by atoms with van der Waals surface area (Å²) in [6.45, 7) is 3.79. The molecule has 19 heavy (non-hydrogen) atoms. The summed E-state index contributed by atoms with van der Waals surface area (Å²) in [5, 5.41) is 8.98. The fourth-order valence-corrected chi connectivity index (χ4v) is 1.66. The molecule has 0 radical (unpaired) electrons. The largest absolute Gasteiger partial charge is 0.460 e. The van der Waals surface area contributed by atoms with Crippen molar-refractivity contribution >= 4 is 5.97 Å². The summed E-state index contributed by atoms with van der Waals surface area (Å²) in [6, 6.07) is 9.28. The van der Waals surface area contributed by atoms with Gasteiger partial charge in [0.1, 0.15) is 6.07 Å². The number of benzene rings is 1. The van der Waals surface area contributed by atoms with Crippen LogP contribution < -0.4 is 0 Å². The summed E-state index contributed by atoms with van der Waals surface area (Å²) in [5.41, 5.74) is 1.63. The monoisotopic (exact) mass is 256 g/mol. The average Bonchev–Trinajstić information content (AvgIpc) is 2.83. The number of ether oxygens (including phenoxy) is 1. The molecule has 0 N–H and O–H groups in total. The first-order chi connectivity index (χ1) is 9.17. The van der Waals surface area contributed by atoms with Crippen molar-refractivity contribution in [3.63, 3.8) is 0 Å². The topological polar surface area (TPSA) is 76.1 Å². The Morgan fingerprint density at radius 1 is 1.47 bits per heavy atom.